The van der Waals surface area contributed by atoms with Crippen LogP contribution in [0.15, 0.2) is 24.4 Å². The van der Waals surface area contributed by atoms with Crippen LogP contribution in [-0.2, 0) is 0 Å². The lowest BCUT2D eigenvalue weighted by Crippen LogP contribution is -1.93. The molecule has 0 saturated heterocycles. The first-order valence-electron chi connectivity index (χ1n) is 3.14. The van der Waals surface area contributed by atoms with E-state index in [1.54, 1.807) is 12.1 Å². The molecule has 0 aromatic carbocycles. The molecule has 1 heterocycles. The number of pyridine rings is 1. The molecule has 2 nitrogen and oxygen atoms in total. The van der Waals surface area contributed by atoms with Gasteiger partial charge in [0.1, 0.15) is 5.69 Å². The number of carbonyl (C=O) groups excluding carboxylic acids is 1. The summed E-state index contributed by atoms with van der Waals surface area (Å²) in [6.45, 7) is 1.40. The van der Waals surface area contributed by atoms with Crippen molar-refractivity contribution in [2.24, 2.45) is 0 Å². The van der Waals surface area contributed by atoms with E-state index in [0.29, 0.717) is 0 Å². The molecule has 0 radical (unpaired) electrons. The fourth-order valence-electron chi connectivity index (χ4n) is 0.517. The zero-order valence-electron chi connectivity index (χ0n) is 6.09. The average Bonchev–Trinajstić information content (AvgIpc) is 1.88. The molecule has 46 valence electrons. The van der Waals surface area contributed by atoms with Crippen LogP contribution in [0.2, 0.25) is 0 Å². The molecule has 9 heavy (non-hydrogen) atoms. The summed E-state index contributed by atoms with van der Waals surface area (Å²) in [6.07, 6.45) is 1.51. The Morgan fingerprint density at radius 1 is 1.78 bits per heavy atom. The van der Waals surface area contributed by atoms with Crippen molar-refractivity contribution in [3.8, 4) is 0 Å². The van der Waals surface area contributed by atoms with Gasteiger partial charge in [-0.3, -0.25) is 9.78 Å². The summed E-state index contributed by atoms with van der Waals surface area (Å²) >= 11 is 0. The predicted octanol–water partition coefficient (Wildman–Crippen LogP) is 1.28. The topological polar surface area (TPSA) is 30.0 Å². The number of Topliss-reactive ketones (excluding diaryl/α,β-unsaturated/α-hetero) is 1. The summed E-state index contributed by atoms with van der Waals surface area (Å²) in [6, 6.07) is 3.37. The molecule has 0 atom stereocenters. The van der Waals surface area contributed by atoms with Crippen LogP contribution in [-0.4, -0.2) is 10.8 Å². The average molecular weight is 122 g/mol. The van der Waals surface area contributed by atoms with Gasteiger partial charge in [0.25, 0.3) is 0 Å². The third-order valence-electron chi connectivity index (χ3n) is 0.939. The van der Waals surface area contributed by atoms with E-state index >= 15 is 0 Å². The second-order valence-electron chi connectivity index (χ2n) is 1.69. The van der Waals surface area contributed by atoms with E-state index in [0.717, 1.165) is 0 Å². The van der Waals surface area contributed by atoms with Crippen molar-refractivity contribution in [1.82, 2.24) is 4.98 Å². The summed E-state index contributed by atoms with van der Waals surface area (Å²) in [7, 11) is 0. The maximum absolute atomic E-state index is 10.7. The Labute approximate surface area is 54.9 Å². The number of hydrogen-bond acceptors (Lipinski definition) is 2. The minimum atomic E-state index is -0.161. The van der Waals surface area contributed by atoms with Gasteiger partial charge in [-0.2, -0.15) is 0 Å². The zero-order chi connectivity index (χ0) is 7.56. The fourth-order valence-corrected chi connectivity index (χ4v) is 0.517. The van der Waals surface area contributed by atoms with Gasteiger partial charge in [-0.05, 0) is 12.1 Å². The Balaban J connectivity index is 3.15. The number of rotatable bonds is 1. The molecule has 0 bridgehead atoms. The summed E-state index contributed by atoms with van der Waals surface area (Å²) < 4.78 is 7.22. The second kappa shape index (κ2) is 2.40. The number of aromatic nitrogens is 1. The molecule has 0 saturated carbocycles. The molecule has 0 aliphatic heterocycles. The summed E-state index contributed by atoms with van der Waals surface area (Å²) in [5.74, 6) is -0.161. The minimum Gasteiger partial charge on any atom is -0.293 e. The van der Waals surface area contributed by atoms with Gasteiger partial charge in [0.2, 0.25) is 0 Å². The van der Waals surface area contributed by atoms with Crippen LogP contribution >= 0.6 is 0 Å². The lowest BCUT2D eigenvalue weighted by Gasteiger charge is -1.88. The molecule has 1 aromatic rings. The van der Waals surface area contributed by atoms with Crippen molar-refractivity contribution in [2.75, 3.05) is 0 Å². The van der Waals surface area contributed by atoms with Crippen LogP contribution in [0.25, 0.3) is 0 Å². The van der Waals surface area contributed by atoms with Crippen molar-refractivity contribution in [1.29, 1.82) is 0 Å². The van der Waals surface area contributed by atoms with Gasteiger partial charge in [0.05, 0.1) is 1.37 Å². The van der Waals surface area contributed by atoms with Gasteiger partial charge < -0.3 is 0 Å². The molecule has 1 aromatic heterocycles. The van der Waals surface area contributed by atoms with E-state index in [2.05, 4.69) is 4.98 Å². The van der Waals surface area contributed by atoms with E-state index < -0.39 is 0 Å². The maximum Gasteiger partial charge on any atom is 0.178 e. The quantitative estimate of drug-likeness (QED) is 0.525. The zero-order valence-corrected chi connectivity index (χ0v) is 5.09. The fraction of sp³-hybridized carbons (Fsp3) is 0.143. The third kappa shape index (κ3) is 1.35. The first kappa shape index (κ1) is 4.68. The van der Waals surface area contributed by atoms with Gasteiger partial charge >= 0.3 is 0 Å². The van der Waals surface area contributed by atoms with Crippen molar-refractivity contribution in [2.45, 2.75) is 6.92 Å². The Kier molecular flexibility index (Phi) is 1.24. The maximum atomic E-state index is 10.7. The molecule has 1 rings (SSSR count). The van der Waals surface area contributed by atoms with Crippen molar-refractivity contribution in [3.63, 3.8) is 0 Å². The third-order valence-corrected chi connectivity index (χ3v) is 0.939. The van der Waals surface area contributed by atoms with Gasteiger partial charge in [-0.25, -0.2) is 0 Å². The summed E-state index contributed by atoms with van der Waals surface area (Å²) in [5, 5.41) is 0. The van der Waals surface area contributed by atoms with Crippen molar-refractivity contribution < 1.29 is 6.17 Å². The number of nitrogens with zero attached hydrogens (tertiary/aromatic N) is 1. The van der Waals surface area contributed by atoms with E-state index in [4.69, 9.17) is 1.37 Å². The van der Waals surface area contributed by atoms with Crippen molar-refractivity contribution >= 4 is 5.78 Å². The predicted molar refractivity (Wildman–Crippen MR) is 34.2 cm³/mol. The Bertz CT molecular complexity index is 260. The molecule has 0 unspecified atom stereocenters. The van der Waals surface area contributed by atoms with Crippen LogP contribution < -0.4 is 0 Å². The monoisotopic (exact) mass is 122 g/mol. The smallest absolute Gasteiger partial charge is 0.178 e. The highest BCUT2D eigenvalue weighted by molar-refractivity contribution is 5.91. The van der Waals surface area contributed by atoms with E-state index in [1.165, 1.54) is 13.1 Å². The molecule has 2 heteroatoms. The second-order valence-corrected chi connectivity index (χ2v) is 1.69. The van der Waals surface area contributed by atoms with Crippen LogP contribution in [0.1, 0.15) is 18.8 Å². The van der Waals surface area contributed by atoms with Crippen LogP contribution in [0.4, 0.5) is 0 Å². The van der Waals surface area contributed by atoms with E-state index in [9.17, 15) is 4.79 Å². The number of hydrogen-bond donors (Lipinski definition) is 0. The molecule has 0 amide bonds. The Morgan fingerprint density at radius 2 is 2.56 bits per heavy atom. The van der Waals surface area contributed by atoms with E-state index in [1.807, 2.05) is 0 Å². The molecule has 0 spiro atoms. The number of carbonyl (C=O) groups is 1. The largest absolute Gasteiger partial charge is 0.293 e. The normalized spacial score (nSPS) is 10.6. The molecular weight excluding hydrogens is 114 g/mol. The lowest BCUT2D eigenvalue weighted by atomic mass is 10.3. The SMILES string of the molecule is [2H]c1cccnc1C(C)=O. The molecule has 0 fully saturated rings. The highest BCUT2D eigenvalue weighted by Crippen LogP contribution is 1.92. The number of ketones is 1. The Morgan fingerprint density at radius 3 is 3.00 bits per heavy atom. The molecule has 0 aliphatic rings. The highest BCUT2D eigenvalue weighted by atomic mass is 16.1. The molecular formula is C7H7NO. The van der Waals surface area contributed by atoms with Gasteiger partial charge in [-0.15, -0.1) is 0 Å². The van der Waals surface area contributed by atoms with Crippen molar-refractivity contribution in [3.05, 3.63) is 30.1 Å². The van der Waals surface area contributed by atoms with Gasteiger partial charge in [0.15, 0.2) is 5.78 Å². The van der Waals surface area contributed by atoms with Gasteiger partial charge in [-0.1, -0.05) is 6.07 Å². The van der Waals surface area contributed by atoms with Gasteiger partial charge in [0, 0.05) is 13.1 Å². The van der Waals surface area contributed by atoms with Crippen LogP contribution in [0, 0.1) is 0 Å². The molecule has 0 N–H and O–H groups in total. The Hall–Kier alpha value is -1.18. The highest BCUT2D eigenvalue weighted by Gasteiger charge is 1.94. The van der Waals surface area contributed by atoms with E-state index in [-0.39, 0.29) is 17.5 Å². The standard InChI is InChI=1S/C7H7NO/c1-6(9)7-4-2-3-5-8-7/h2-5H,1H3/i4D. The molecule has 0 aliphatic carbocycles. The first-order chi connectivity index (χ1) is 4.72. The lowest BCUT2D eigenvalue weighted by molar-refractivity contribution is 0.101. The first-order valence-corrected chi connectivity index (χ1v) is 2.64. The summed E-state index contributed by atoms with van der Waals surface area (Å²) in [5.41, 5.74) is 0.238. The van der Waals surface area contributed by atoms with Crippen LogP contribution in [0.5, 0.6) is 0 Å². The minimum absolute atomic E-state index is 0.161. The van der Waals surface area contributed by atoms with Crippen LogP contribution in [0.3, 0.4) is 0 Å². The summed E-state index contributed by atoms with van der Waals surface area (Å²) in [4.78, 5) is 14.4.